The lowest BCUT2D eigenvalue weighted by Crippen LogP contribution is -2.54. The normalized spacial score (nSPS) is 20.0. The van der Waals surface area contributed by atoms with E-state index in [2.05, 4.69) is 21.1 Å². The molecule has 11 nitrogen and oxygen atoms in total. The van der Waals surface area contributed by atoms with Crippen LogP contribution in [0.2, 0.25) is 0 Å². The highest BCUT2D eigenvalue weighted by Gasteiger charge is 2.43. The summed E-state index contributed by atoms with van der Waals surface area (Å²) in [5, 5.41) is 23.6. The minimum atomic E-state index is -1.33. The second-order valence-corrected chi connectivity index (χ2v) is 6.73. The van der Waals surface area contributed by atoms with E-state index < -0.39 is 29.6 Å². The number of nitrogens with one attached hydrogen (secondary N) is 3. The summed E-state index contributed by atoms with van der Waals surface area (Å²) in [7, 11) is 0. The Kier molecular flexibility index (Phi) is 7.49. The van der Waals surface area contributed by atoms with Crippen LogP contribution in [0.5, 0.6) is 0 Å². The number of aliphatic hydroxyl groups excluding tert-OH is 1. The van der Waals surface area contributed by atoms with E-state index in [1.54, 1.807) is 31.2 Å². The molecular weight excluding hydrogens is 378 g/mol. The fraction of sp³-hybridized carbons (Fsp3) is 0.444. The Balaban J connectivity index is 2.07. The summed E-state index contributed by atoms with van der Waals surface area (Å²) in [4.78, 5) is 33.7. The molecule has 0 aromatic heterocycles. The maximum atomic E-state index is 12.4. The molecule has 29 heavy (non-hydrogen) atoms. The van der Waals surface area contributed by atoms with Crippen LogP contribution in [-0.4, -0.2) is 47.8 Å². The zero-order valence-corrected chi connectivity index (χ0v) is 16.0. The van der Waals surface area contributed by atoms with Crippen LogP contribution in [0.25, 0.3) is 0 Å². The monoisotopic (exact) mass is 403 g/mol. The largest absolute Gasteiger partial charge is 0.396 e. The van der Waals surface area contributed by atoms with Gasteiger partial charge in [0.25, 0.3) is 0 Å². The highest BCUT2D eigenvalue weighted by molar-refractivity contribution is 5.86. The van der Waals surface area contributed by atoms with Crippen molar-refractivity contribution in [2.75, 3.05) is 13.2 Å². The first-order chi connectivity index (χ1) is 13.8. The lowest BCUT2D eigenvalue weighted by Gasteiger charge is -2.29. The number of amidine groups is 1. The van der Waals surface area contributed by atoms with Gasteiger partial charge in [-0.3, -0.25) is 4.79 Å². The molecule has 1 aliphatic rings. The van der Waals surface area contributed by atoms with E-state index in [0.29, 0.717) is 11.4 Å². The van der Waals surface area contributed by atoms with Gasteiger partial charge >= 0.3 is 6.03 Å². The van der Waals surface area contributed by atoms with E-state index in [-0.39, 0.29) is 26.1 Å². The number of hydroxylamine groups is 1. The third-order valence-corrected chi connectivity index (χ3v) is 4.46. The summed E-state index contributed by atoms with van der Waals surface area (Å²) in [5.74, 6) is -0.794. The summed E-state index contributed by atoms with van der Waals surface area (Å²) in [6.07, 6.45) is -0.223. The number of rotatable bonds is 9. The fourth-order valence-corrected chi connectivity index (χ4v) is 2.75. The number of carbonyl (C=O) groups is 2. The number of hydrogen-bond acceptors (Lipinski definition) is 8. The molecule has 2 rings (SSSR count). The Labute approximate surface area is 168 Å². The third kappa shape index (κ3) is 5.89. The minimum absolute atomic E-state index is 0.137. The summed E-state index contributed by atoms with van der Waals surface area (Å²) in [6.45, 7) is 1.65. The van der Waals surface area contributed by atoms with Crippen molar-refractivity contribution < 1.29 is 19.5 Å². The molecule has 1 aromatic carbocycles. The smallest absolute Gasteiger partial charge is 0.315 e. The number of nitriles is 1. The molecule has 1 aromatic rings. The summed E-state index contributed by atoms with van der Waals surface area (Å²) in [5.41, 5.74) is 13.4. The Morgan fingerprint density at radius 3 is 2.86 bits per heavy atom. The number of nitrogens with zero attached hydrogens (tertiary/aromatic N) is 2. The SMILES string of the molecule is CC1(C(CC(N)=O)NC(=O)NCc2cccc(C#N)c2)N=C([C@H](CN)CO)NO1. The Morgan fingerprint density at radius 1 is 1.48 bits per heavy atom. The average molecular weight is 403 g/mol. The quantitative estimate of drug-likeness (QED) is 0.299. The van der Waals surface area contributed by atoms with Crippen LogP contribution in [0.15, 0.2) is 29.3 Å². The molecule has 2 unspecified atom stereocenters. The number of urea groups is 1. The number of benzene rings is 1. The van der Waals surface area contributed by atoms with Crippen molar-refractivity contribution >= 4 is 17.8 Å². The van der Waals surface area contributed by atoms with Gasteiger partial charge in [0.1, 0.15) is 5.84 Å². The van der Waals surface area contributed by atoms with Crippen molar-refractivity contribution in [2.24, 2.45) is 22.4 Å². The Bertz CT molecular complexity index is 819. The molecule has 0 spiro atoms. The fourth-order valence-electron chi connectivity index (χ4n) is 2.75. The number of hydrogen-bond donors (Lipinski definition) is 6. The van der Waals surface area contributed by atoms with Gasteiger partial charge in [0.05, 0.1) is 36.6 Å². The second kappa shape index (κ2) is 9.83. The molecule has 0 aliphatic carbocycles. The van der Waals surface area contributed by atoms with Crippen molar-refractivity contribution in [3.8, 4) is 6.07 Å². The number of carbonyl (C=O) groups excluding carboxylic acids is 2. The molecule has 11 heteroatoms. The third-order valence-electron chi connectivity index (χ3n) is 4.46. The van der Waals surface area contributed by atoms with Gasteiger partial charge in [0, 0.05) is 13.1 Å². The van der Waals surface area contributed by atoms with Gasteiger partial charge in [-0.2, -0.15) is 5.26 Å². The van der Waals surface area contributed by atoms with E-state index in [1.807, 2.05) is 6.07 Å². The van der Waals surface area contributed by atoms with Crippen molar-refractivity contribution in [2.45, 2.75) is 31.7 Å². The van der Waals surface area contributed by atoms with Crippen molar-refractivity contribution in [1.29, 1.82) is 5.26 Å². The lowest BCUT2D eigenvalue weighted by molar-refractivity contribution is -0.121. The first-order valence-corrected chi connectivity index (χ1v) is 8.97. The first kappa shape index (κ1) is 22.1. The molecular formula is C18H25N7O4. The topological polar surface area (TPSA) is 188 Å². The summed E-state index contributed by atoms with van der Waals surface area (Å²) in [6, 6.07) is 7.39. The van der Waals surface area contributed by atoms with E-state index >= 15 is 0 Å². The number of aliphatic hydroxyl groups is 1. The van der Waals surface area contributed by atoms with Crippen LogP contribution in [0.1, 0.15) is 24.5 Å². The van der Waals surface area contributed by atoms with Crippen LogP contribution in [0.4, 0.5) is 4.79 Å². The molecule has 3 amide bonds. The van der Waals surface area contributed by atoms with Gasteiger partial charge in [-0.1, -0.05) is 12.1 Å². The van der Waals surface area contributed by atoms with Crippen LogP contribution >= 0.6 is 0 Å². The minimum Gasteiger partial charge on any atom is -0.396 e. The van der Waals surface area contributed by atoms with Gasteiger partial charge in [-0.25, -0.2) is 20.1 Å². The molecule has 0 saturated heterocycles. The average Bonchev–Trinajstić information content (AvgIpc) is 3.10. The zero-order chi connectivity index (χ0) is 21.4. The number of aliphatic imine (C=N–C) groups is 1. The highest BCUT2D eigenvalue weighted by atomic mass is 16.7. The molecule has 0 bridgehead atoms. The lowest BCUT2D eigenvalue weighted by atomic mass is 10.0. The van der Waals surface area contributed by atoms with Crippen molar-refractivity contribution in [3.05, 3.63) is 35.4 Å². The van der Waals surface area contributed by atoms with Crippen LogP contribution in [0.3, 0.4) is 0 Å². The summed E-state index contributed by atoms with van der Waals surface area (Å²) < 4.78 is 0. The second-order valence-electron chi connectivity index (χ2n) is 6.73. The van der Waals surface area contributed by atoms with Gasteiger partial charge in [-0.15, -0.1) is 0 Å². The maximum absolute atomic E-state index is 12.4. The molecule has 1 aliphatic heterocycles. The predicted molar refractivity (Wildman–Crippen MR) is 104 cm³/mol. The molecule has 0 radical (unpaired) electrons. The van der Waals surface area contributed by atoms with Crippen LogP contribution in [0, 0.1) is 17.2 Å². The standard InChI is InChI=1S/C18H25N7O4/c1-18(24-16(25-29-18)13(8-20)10-26)14(6-15(21)27)23-17(28)22-9-12-4-2-3-11(5-12)7-19/h2-5,13-14,26H,6,8-10,20H2,1H3,(H2,21,27)(H,24,25)(H2,22,23,28)/t13-,14?,18?/m1/s1. The van der Waals surface area contributed by atoms with E-state index in [1.165, 1.54) is 0 Å². The first-order valence-electron chi connectivity index (χ1n) is 8.97. The number of amides is 3. The van der Waals surface area contributed by atoms with Gasteiger partial charge in [0.15, 0.2) is 0 Å². The van der Waals surface area contributed by atoms with Crippen molar-refractivity contribution in [1.82, 2.24) is 16.1 Å². The zero-order valence-electron chi connectivity index (χ0n) is 16.0. The molecule has 0 fully saturated rings. The van der Waals surface area contributed by atoms with Gasteiger partial charge in [-0.05, 0) is 24.6 Å². The molecule has 156 valence electrons. The maximum Gasteiger partial charge on any atom is 0.315 e. The predicted octanol–water partition coefficient (Wildman–Crippen LogP) is -1.18. The highest BCUT2D eigenvalue weighted by Crippen LogP contribution is 2.25. The van der Waals surface area contributed by atoms with E-state index in [0.717, 1.165) is 5.56 Å². The molecule has 1 heterocycles. The Hall–Kier alpha value is -3.20. The van der Waals surface area contributed by atoms with Crippen LogP contribution in [-0.2, 0) is 16.2 Å². The van der Waals surface area contributed by atoms with Crippen molar-refractivity contribution in [3.63, 3.8) is 0 Å². The molecule has 8 N–H and O–H groups in total. The van der Waals surface area contributed by atoms with Gasteiger partial charge < -0.3 is 27.2 Å². The molecule has 0 saturated carbocycles. The van der Waals surface area contributed by atoms with Gasteiger partial charge in [0.2, 0.25) is 11.6 Å². The van der Waals surface area contributed by atoms with E-state index in [4.69, 9.17) is 21.6 Å². The van der Waals surface area contributed by atoms with E-state index in [9.17, 15) is 14.7 Å². The molecule has 3 atom stereocenters. The van der Waals surface area contributed by atoms with Crippen LogP contribution < -0.4 is 27.6 Å². The number of nitrogens with two attached hydrogens (primary N) is 2. The number of primary amides is 1. The Morgan fingerprint density at radius 2 is 2.24 bits per heavy atom. The summed E-state index contributed by atoms with van der Waals surface area (Å²) >= 11 is 0.